The average molecular weight is 407 g/mol. The molecule has 0 saturated carbocycles. The van der Waals surface area contributed by atoms with Gasteiger partial charge in [0.25, 0.3) is 0 Å². The highest BCUT2D eigenvalue weighted by Gasteiger charge is 2.63. The SMILES string of the molecule is CCC1(CC)NC(C(=O)O)C(c2cccc(Cl)c2)C1(N)c1ccc(Cl)cc1. The molecule has 3 atom stereocenters. The van der Waals surface area contributed by atoms with E-state index in [9.17, 15) is 9.90 Å². The van der Waals surface area contributed by atoms with Crippen molar-refractivity contribution >= 4 is 29.2 Å². The minimum Gasteiger partial charge on any atom is -0.480 e. The van der Waals surface area contributed by atoms with Crippen molar-refractivity contribution in [1.29, 1.82) is 0 Å². The quantitative estimate of drug-likeness (QED) is 0.680. The summed E-state index contributed by atoms with van der Waals surface area (Å²) in [5, 5.41) is 14.5. The average Bonchev–Trinajstić information content (AvgIpc) is 2.92. The van der Waals surface area contributed by atoms with Gasteiger partial charge in [-0.05, 0) is 48.2 Å². The number of rotatable bonds is 5. The lowest BCUT2D eigenvalue weighted by molar-refractivity contribution is -0.139. The van der Waals surface area contributed by atoms with Gasteiger partial charge in [-0.15, -0.1) is 0 Å². The van der Waals surface area contributed by atoms with Crippen LogP contribution in [0.5, 0.6) is 0 Å². The maximum absolute atomic E-state index is 12.2. The first kappa shape index (κ1) is 20.2. The fourth-order valence-electron chi connectivity index (χ4n) is 4.64. The number of carboxylic acids is 1. The second-order valence-electron chi connectivity index (χ2n) is 7.16. The number of benzene rings is 2. The van der Waals surface area contributed by atoms with Gasteiger partial charge in [0.05, 0.1) is 5.54 Å². The molecular weight excluding hydrogens is 383 g/mol. The normalized spacial score (nSPS) is 26.9. The molecule has 3 unspecified atom stereocenters. The largest absolute Gasteiger partial charge is 0.480 e. The summed E-state index contributed by atoms with van der Waals surface area (Å²) in [5.74, 6) is -1.41. The predicted octanol–water partition coefficient (Wildman–Crippen LogP) is 4.55. The van der Waals surface area contributed by atoms with E-state index in [0.29, 0.717) is 22.9 Å². The van der Waals surface area contributed by atoms with Crippen molar-refractivity contribution in [3.05, 3.63) is 69.7 Å². The first-order chi connectivity index (χ1) is 12.8. The van der Waals surface area contributed by atoms with E-state index < -0.39 is 29.0 Å². The van der Waals surface area contributed by atoms with Crippen LogP contribution in [0.3, 0.4) is 0 Å². The Morgan fingerprint density at radius 3 is 2.26 bits per heavy atom. The van der Waals surface area contributed by atoms with Crippen LogP contribution in [-0.2, 0) is 10.3 Å². The zero-order valence-electron chi connectivity index (χ0n) is 15.4. The summed E-state index contributed by atoms with van der Waals surface area (Å²) in [6.07, 6.45) is 1.37. The monoisotopic (exact) mass is 406 g/mol. The van der Waals surface area contributed by atoms with E-state index in [1.807, 2.05) is 44.2 Å². The van der Waals surface area contributed by atoms with Gasteiger partial charge in [0, 0.05) is 21.5 Å². The van der Waals surface area contributed by atoms with E-state index in [1.165, 1.54) is 0 Å². The number of halogens is 2. The maximum Gasteiger partial charge on any atom is 0.321 e. The van der Waals surface area contributed by atoms with Gasteiger partial charge >= 0.3 is 5.97 Å². The summed E-state index contributed by atoms with van der Waals surface area (Å²) in [7, 11) is 0. The summed E-state index contributed by atoms with van der Waals surface area (Å²) in [6, 6.07) is 13.9. The molecule has 0 radical (unpaired) electrons. The third-order valence-electron chi connectivity index (χ3n) is 6.05. The Morgan fingerprint density at radius 1 is 1.11 bits per heavy atom. The standard InChI is InChI=1S/C21H24Cl2N2O2/c1-3-20(4-2)21(24,14-8-10-15(22)11-9-14)17(18(25-20)19(26)27)13-6-5-7-16(23)12-13/h5-12,17-18,25H,3-4,24H2,1-2H3,(H,26,27). The molecule has 27 heavy (non-hydrogen) atoms. The molecule has 6 heteroatoms. The molecule has 4 nitrogen and oxygen atoms in total. The zero-order chi connectivity index (χ0) is 19.8. The Bertz CT molecular complexity index is 836. The zero-order valence-corrected chi connectivity index (χ0v) is 16.9. The third-order valence-corrected chi connectivity index (χ3v) is 6.54. The molecule has 0 aromatic heterocycles. The van der Waals surface area contributed by atoms with Gasteiger partial charge in [0.1, 0.15) is 6.04 Å². The fourth-order valence-corrected chi connectivity index (χ4v) is 4.97. The molecule has 1 heterocycles. The predicted molar refractivity (Wildman–Crippen MR) is 109 cm³/mol. The Balaban J connectivity index is 2.29. The van der Waals surface area contributed by atoms with Crippen molar-refractivity contribution in [3.8, 4) is 0 Å². The number of nitrogens with two attached hydrogens (primary N) is 1. The van der Waals surface area contributed by atoms with Gasteiger partial charge in [-0.25, -0.2) is 0 Å². The van der Waals surface area contributed by atoms with Crippen LogP contribution in [0.2, 0.25) is 10.0 Å². The van der Waals surface area contributed by atoms with Crippen LogP contribution in [0.4, 0.5) is 0 Å². The first-order valence-corrected chi connectivity index (χ1v) is 9.85. The highest BCUT2D eigenvalue weighted by atomic mass is 35.5. The van der Waals surface area contributed by atoms with E-state index >= 15 is 0 Å². The smallest absolute Gasteiger partial charge is 0.321 e. The number of carbonyl (C=O) groups is 1. The molecule has 3 rings (SSSR count). The maximum atomic E-state index is 12.2. The topological polar surface area (TPSA) is 75.3 Å². The molecule has 1 aliphatic rings. The second-order valence-corrected chi connectivity index (χ2v) is 8.03. The van der Waals surface area contributed by atoms with Gasteiger partial charge in [0.15, 0.2) is 0 Å². The van der Waals surface area contributed by atoms with E-state index in [2.05, 4.69) is 5.32 Å². The minimum absolute atomic E-state index is 0.491. The number of carboxylic acid groups (broad SMARTS) is 1. The summed E-state index contributed by atoms with van der Waals surface area (Å²) in [4.78, 5) is 12.2. The Kier molecular flexibility index (Phi) is 5.55. The van der Waals surface area contributed by atoms with Crippen LogP contribution < -0.4 is 11.1 Å². The van der Waals surface area contributed by atoms with E-state index in [4.69, 9.17) is 28.9 Å². The van der Waals surface area contributed by atoms with Crippen LogP contribution in [-0.4, -0.2) is 22.7 Å². The first-order valence-electron chi connectivity index (χ1n) is 9.10. The Hall–Kier alpha value is -1.59. The molecule has 0 amide bonds. The molecule has 1 saturated heterocycles. The molecule has 0 bridgehead atoms. The fraction of sp³-hybridized carbons (Fsp3) is 0.381. The molecule has 2 aromatic carbocycles. The van der Waals surface area contributed by atoms with Gasteiger partial charge in [-0.3, -0.25) is 10.1 Å². The van der Waals surface area contributed by atoms with Gasteiger partial charge in [0.2, 0.25) is 0 Å². The van der Waals surface area contributed by atoms with Crippen LogP contribution in [0.1, 0.15) is 43.7 Å². The minimum atomic E-state index is -0.950. The number of hydrogen-bond acceptors (Lipinski definition) is 3. The van der Waals surface area contributed by atoms with Gasteiger partial charge in [-0.2, -0.15) is 0 Å². The number of hydrogen-bond donors (Lipinski definition) is 3. The van der Waals surface area contributed by atoms with Crippen molar-refractivity contribution in [1.82, 2.24) is 5.32 Å². The lowest BCUT2D eigenvalue weighted by Crippen LogP contribution is -2.60. The molecule has 144 valence electrons. The molecule has 4 N–H and O–H groups in total. The van der Waals surface area contributed by atoms with Crippen LogP contribution in [0.25, 0.3) is 0 Å². The van der Waals surface area contributed by atoms with Gasteiger partial charge < -0.3 is 10.8 Å². The second kappa shape index (κ2) is 7.44. The number of aliphatic carboxylic acids is 1. The summed E-state index contributed by atoms with van der Waals surface area (Å²) >= 11 is 12.3. The van der Waals surface area contributed by atoms with Crippen molar-refractivity contribution in [2.75, 3.05) is 0 Å². The van der Waals surface area contributed by atoms with Crippen LogP contribution in [0.15, 0.2) is 48.5 Å². The highest BCUT2D eigenvalue weighted by molar-refractivity contribution is 6.30. The third kappa shape index (κ3) is 3.15. The lowest BCUT2D eigenvalue weighted by Gasteiger charge is -2.45. The summed E-state index contributed by atoms with van der Waals surface area (Å²) < 4.78 is 0. The van der Waals surface area contributed by atoms with Crippen molar-refractivity contribution in [2.45, 2.75) is 49.7 Å². The van der Waals surface area contributed by atoms with Gasteiger partial charge in [-0.1, -0.05) is 61.3 Å². The van der Waals surface area contributed by atoms with E-state index in [0.717, 1.165) is 11.1 Å². The van der Waals surface area contributed by atoms with Crippen molar-refractivity contribution < 1.29 is 9.90 Å². The van der Waals surface area contributed by atoms with E-state index in [1.54, 1.807) is 18.2 Å². The van der Waals surface area contributed by atoms with Crippen molar-refractivity contribution in [3.63, 3.8) is 0 Å². The van der Waals surface area contributed by atoms with Crippen molar-refractivity contribution in [2.24, 2.45) is 5.73 Å². The molecular formula is C21H24Cl2N2O2. The van der Waals surface area contributed by atoms with E-state index in [-0.39, 0.29) is 0 Å². The van der Waals surface area contributed by atoms with Crippen LogP contribution in [0, 0.1) is 0 Å². The highest BCUT2D eigenvalue weighted by Crippen LogP contribution is 2.53. The molecule has 1 fully saturated rings. The molecule has 0 spiro atoms. The number of nitrogens with one attached hydrogen (secondary N) is 1. The molecule has 2 aromatic rings. The lowest BCUT2D eigenvalue weighted by atomic mass is 9.64. The van der Waals surface area contributed by atoms with Crippen LogP contribution >= 0.6 is 23.2 Å². The Labute approximate surface area is 169 Å². The summed E-state index contributed by atoms with van der Waals surface area (Å²) in [5.41, 5.74) is 7.30. The summed E-state index contributed by atoms with van der Waals surface area (Å²) in [6.45, 7) is 4.07. The molecule has 1 aliphatic heterocycles. The Morgan fingerprint density at radius 2 is 1.74 bits per heavy atom. The molecule has 0 aliphatic carbocycles.